The van der Waals surface area contributed by atoms with E-state index in [-0.39, 0.29) is 5.91 Å². The van der Waals surface area contributed by atoms with E-state index in [9.17, 15) is 4.79 Å². The quantitative estimate of drug-likeness (QED) is 0.841. The molecule has 0 aliphatic carbocycles. The van der Waals surface area contributed by atoms with Crippen molar-refractivity contribution in [2.75, 3.05) is 44.7 Å². The Morgan fingerprint density at radius 2 is 2.05 bits per heavy atom. The third-order valence-corrected chi connectivity index (χ3v) is 4.42. The summed E-state index contributed by atoms with van der Waals surface area (Å²) in [7, 11) is 1.97. The fourth-order valence-electron chi connectivity index (χ4n) is 3.21. The summed E-state index contributed by atoms with van der Waals surface area (Å²) in [5, 5.41) is 3.20. The first kappa shape index (κ1) is 16.8. The molecule has 1 fully saturated rings. The van der Waals surface area contributed by atoms with Crippen molar-refractivity contribution in [1.82, 2.24) is 10.2 Å². The molecule has 0 saturated carbocycles. The molecule has 0 bridgehead atoms. The smallest absolute Gasteiger partial charge is 0.253 e. The minimum absolute atomic E-state index is 0.170. The lowest BCUT2D eigenvalue weighted by Crippen LogP contribution is -2.30. The lowest BCUT2D eigenvalue weighted by molar-refractivity contribution is 0.0787. The molecule has 1 aliphatic heterocycles. The van der Waals surface area contributed by atoms with Gasteiger partial charge >= 0.3 is 0 Å². The molecule has 1 heterocycles. The highest BCUT2D eigenvalue weighted by atomic mass is 16.2. The monoisotopic (exact) mass is 303 g/mol. The van der Waals surface area contributed by atoms with E-state index < -0.39 is 0 Å². The molecule has 1 amide bonds. The maximum absolute atomic E-state index is 12.6. The summed E-state index contributed by atoms with van der Waals surface area (Å²) in [6.45, 7) is 9.16. The predicted octanol–water partition coefficient (Wildman–Crippen LogP) is 2.60. The Hall–Kier alpha value is -1.55. The number of nitrogens with one attached hydrogen (secondary N) is 1. The fraction of sp³-hybridized carbons (Fsp3) is 0.611. The molecule has 4 nitrogen and oxygen atoms in total. The molecule has 1 saturated heterocycles. The molecule has 1 atom stereocenters. The molecule has 122 valence electrons. The van der Waals surface area contributed by atoms with Crippen LogP contribution in [0.5, 0.6) is 0 Å². The summed E-state index contributed by atoms with van der Waals surface area (Å²) in [5.41, 5.74) is 2.01. The van der Waals surface area contributed by atoms with Crippen molar-refractivity contribution >= 4 is 11.6 Å². The molecule has 1 aromatic rings. The highest BCUT2D eigenvalue weighted by Gasteiger charge is 2.26. The number of benzene rings is 1. The van der Waals surface area contributed by atoms with E-state index in [1.165, 1.54) is 5.69 Å². The fourth-order valence-corrected chi connectivity index (χ4v) is 3.21. The highest BCUT2D eigenvalue weighted by Crippen LogP contribution is 2.20. The van der Waals surface area contributed by atoms with E-state index in [0.29, 0.717) is 5.92 Å². The molecule has 22 heavy (non-hydrogen) atoms. The van der Waals surface area contributed by atoms with Gasteiger partial charge in [-0.2, -0.15) is 0 Å². The normalized spacial score (nSPS) is 17.8. The van der Waals surface area contributed by atoms with E-state index in [0.717, 1.165) is 51.1 Å². The molecule has 0 aromatic heterocycles. The van der Waals surface area contributed by atoms with Gasteiger partial charge in [0.2, 0.25) is 0 Å². The summed E-state index contributed by atoms with van der Waals surface area (Å²) >= 11 is 0. The third kappa shape index (κ3) is 4.01. The zero-order chi connectivity index (χ0) is 15.9. The number of rotatable bonds is 7. The van der Waals surface area contributed by atoms with Gasteiger partial charge in [0.25, 0.3) is 5.91 Å². The van der Waals surface area contributed by atoms with Gasteiger partial charge in [0.15, 0.2) is 0 Å². The molecule has 1 unspecified atom stereocenters. The minimum Gasteiger partial charge on any atom is -0.372 e. The van der Waals surface area contributed by atoms with Gasteiger partial charge in [0.1, 0.15) is 0 Å². The van der Waals surface area contributed by atoms with Gasteiger partial charge in [0.05, 0.1) is 0 Å². The number of amides is 1. The first-order valence-electron chi connectivity index (χ1n) is 8.48. The minimum atomic E-state index is 0.170. The van der Waals surface area contributed by atoms with Gasteiger partial charge in [-0.05, 0) is 63.5 Å². The van der Waals surface area contributed by atoms with Gasteiger partial charge in [0, 0.05) is 37.4 Å². The second kappa shape index (κ2) is 8.18. The SMILES string of the molecule is CCCN(CC)c1ccc(C(=O)N2CCC(CNC)C2)cc1. The van der Waals surface area contributed by atoms with E-state index in [2.05, 4.69) is 36.2 Å². The lowest BCUT2D eigenvalue weighted by atomic mass is 10.1. The summed E-state index contributed by atoms with van der Waals surface area (Å²) < 4.78 is 0. The number of hydrogen-bond donors (Lipinski definition) is 1. The van der Waals surface area contributed by atoms with Crippen LogP contribution in [0.25, 0.3) is 0 Å². The van der Waals surface area contributed by atoms with Crippen LogP contribution in [0, 0.1) is 5.92 Å². The van der Waals surface area contributed by atoms with Crippen molar-refractivity contribution in [3.63, 3.8) is 0 Å². The van der Waals surface area contributed by atoms with Crippen LogP contribution in [-0.4, -0.2) is 50.6 Å². The average Bonchev–Trinajstić information content (AvgIpc) is 3.01. The van der Waals surface area contributed by atoms with Crippen molar-refractivity contribution in [1.29, 1.82) is 0 Å². The lowest BCUT2D eigenvalue weighted by Gasteiger charge is -2.23. The van der Waals surface area contributed by atoms with Crippen LogP contribution >= 0.6 is 0 Å². The molecule has 2 rings (SSSR count). The molecule has 0 spiro atoms. The Labute approximate surface area is 134 Å². The van der Waals surface area contributed by atoms with Crippen LogP contribution in [0.3, 0.4) is 0 Å². The van der Waals surface area contributed by atoms with Crippen molar-refractivity contribution in [3.05, 3.63) is 29.8 Å². The topological polar surface area (TPSA) is 35.6 Å². The Bertz CT molecular complexity index is 472. The Morgan fingerprint density at radius 3 is 2.64 bits per heavy atom. The number of likely N-dealkylation sites (tertiary alicyclic amines) is 1. The summed E-state index contributed by atoms with van der Waals surface area (Å²) in [4.78, 5) is 16.9. The van der Waals surface area contributed by atoms with Crippen LogP contribution in [-0.2, 0) is 0 Å². The molecular formula is C18H29N3O. The number of carbonyl (C=O) groups excluding carboxylic acids is 1. The van der Waals surface area contributed by atoms with E-state index in [1.54, 1.807) is 0 Å². The van der Waals surface area contributed by atoms with Crippen molar-refractivity contribution in [2.45, 2.75) is 26.7 Å². The van der Waals surface area contributed by atoms with Gasteiger partial charge in [-0.15, -0.1) is 0 Å². The van der Waals surface area contributed by atoms with Crippen LogP contribution in [0.4, 0.5) is 5.69 Å². The van der Waals surface area contributed by atoms with Crippen LogP contribution in [0.1, 0.15) is 37.0 Å². The molecule has 0 radical (unpaired) electrons. The number of anilines is 1. The summed E-state index contributed by atoms with van der Waals surface area (Å²) in [5.74, 6) is 0.761. The molecule has 1 aliphatic rings. The number of hydrogen-bond acceptors (Lipinski definition) is 3. The van der Waals surface area contributed by atoms with Gasteiger partial charge in [-0.1, -0.05) is 6.92 Å². The zero-order valence-corrected chi connectivity index (χ0v) is 14.1. The van der Waals surface area contributed by atoms with E-state index in [4.69, 9.17) is 0 Å². The highest BCUT2D eigenvalue weighted by molar-refractivity contribution is 5.94. The van der Waals surface area contributed by atoms with Gasteiger partial charge in [-0.3, -0.25) is 4.79 Å². The maximum atomic E-state index is 12.6. The molecule has 1 N–H and O–H groups in total. The van der Waals surface area contributed by atoms with E-state index in [1.807, 2.05) is 24.1 Å². The third-order valence-electron chi connectivity index (χ3n) is 4.42. The van der Waals surface area contributed by atoms with Gasteiger partial charge in [-0.25, -0.2) is 0 Å². The van der Waals surface area contributed by atoms with E-state index >= 15 is 0 Å². The predicted molar refractivity (Wildman–Crippen MR) is 92.6 cm³/mol. The Kier molecular flexibility index (Phi) is 6.25. The maximum Gasteiger partial charge on any atom is 0.253 e. The first-order valence-corrected chi connectivity index (χ1v) is 8.48. The molecular weight excluding hydrogens is 274 g/mol. The van der Waals surface area contributed by atoms with Crippen molar-refractivity contribution in [2.24, 2.45) is 5.92 Å². The van der Waals surface area contributed by atoms with Crippen LogP contribution in [0.2, 0.25) is 0 Å². The van der Waals surface area contributed by atoms with Crippen molar-refractivity contribution < 1.29 is 4.79 Å². The standard InChI is InChI=1S/C18H29N3O/c1-4-11-20(5-2)17-8-6-16(7-9-17)18(22)21-12-10-15(14-21)13-19-3/h6-9,15,19H,4-5,10-14H2,1-3H3. The van der Waals surface area contributed by atoms with Crippen LogP contribution < -0.4 is 10.2 Å². The zero-order valence-electron chi connectivity index (χ0n) is 14.1. The Balaban J connectivity index is 1.99. The average molecular weight is 303 g/mol. The number of carbonyl (C=O) groups is 1. The van der Waals surface area contributed by atoms with Crippen LogP contribution in [0.15, 0.2) is 24.3 Å². The molecule has 4 heteroatoms. The second-order valence-corrected chi connectivity index (χ2v) is 6.09. The Morgan fingerprint density at radius 1 is 1.32 bits per heavy atom. The second-order valence-electron chi connectivity index (χ2n) is 6.09. The van der Waals surface area contributed by atoms with Crippen molar-refractivity contribution in [3.8, 4) is 0 Å². The van der Waals surface area contributed by atoms with Gasteiger partial charge < -0.3 is 15.1 Å². The first-order chi connectivity index (χ1) is 10.7. The molecule has 1 aromatic carbocycles. The largest absolute Gasteiger partial charge is 0.372 e. The number of nitrogens with zero attached hydrogens (tertiary/aromatic N) is 2. The summed E-state index contributed by atoms with van der Waals surface area (Å²) in [6.07, 6.45) is 2.24. The summed E-state index contributed by atoms with van der Waals surface area (Å²) in [6, 6.07) is 8.10.